The van der Waals surface area contributed by atoms with Crippen molar-refractivity contribution in [3.8, 4) is 0 Å². The minimum atomic E-state index is -0.194. The van der Waals surface area contributed by atoms with Gasteiger partial charge in [-0.15, -0.1) is 11.3 Å². The summed E-state index contributed by atoms with van der Waals surface area (Å²) in [7, 11) is 0. The Labute approximate surface area is 107 Å². The van der Waals surface area contributed by atoms with Crippen LogP contribution in [0, 0.1) is 0 Å². The van der Waals surface area contributed by atoms with E-state index in [9.17, 15) is 4.79 Å². The van der Waals surface area contributed by atoms with E-state index in [-0.39, 0.29) is 5.78 Å². The van der Waals surface area contributed by atoms with Crippen LogP contribution in [0.4, 0.5) is 5.69 Å². The summed E-state index contributed by atoms with van der Waals surface area (Å²) in [4.78, 5) is 12.6. The molecule has 5 heteroatoms. The van der Waals surface area contributed by atoms with Gasteiger partial charge in [-0.25, -0.2) is 0 Å². The van der Waals surface area contributed by atoms with Crippen LogP contribution >= 0.6 is 34.5 Å². The first kappa shape index (κ1) is 11.5. The fourth-order valence-electron chi connectivity index (χ4n) is 1.34. The van der Waals surface area contributed by atoms with Crippen molar-refractivity contribution in [3.05, 3.63) is 50.1 Å². The van der Waals surface area contributed by atoms with Crippen LogP contribution < -0.4 is 5.73 Å². The number of ketones is 1. The monoisotopic (exact) mass is 271 g/mol. The molecule has 0 amide bonds. The molecule has 2 aromatic rings. The lowest BCUT2D eigenvalue weighted by atomic mass is 10.1. The van der Waals surface area contributed by atoms with Crippen molar-refractivity contribution in [1.29, 1.82) is 0 Å². The van der Waals surface area contributed by atoms with Gasteiger partial charge in [-0.2, -0.15) is 0 Å². The highest BCUT2D eigenvalue weighted by Crippen LogP contribution is 2.29. The molecule has 1 aromatic heterocycles. The summed E-state index contributed by atoms with van der Waals surface area (Å²) in [5.74, 6) is -0.194. The van der Waals surface area contributed by atoms with E-state index in [1.165, 1.54) is 11.3 Å². The van der Waals surface area contributed by atoms with Gasteiger partial charge in [0.05, 0.1) is 19.8 Å². The van der Waals surface area contributed by atoms with Crippen LogP contribution in [0.3, 0.4) is 0 Å². The molecule has 0 atom stereocenters. The third kappa shape index (κ3) is 2.07. The first-order valence-corrected chi connectivity index (χ1v) is 6.01. The first-order valence-electron chi connectivity index (χ1n) is 4.43. The molecule has 0 unspecified atom stereocenters. The van der Waals surface area contributed by atoms with Crippen molar-refractivity contribution >= 4 is 46.0 Å². The second-order valence-corrected chi connectivity index (χ2v) is 5.26. The molecule has 1 aromatic carbocycles. The quantitative estimate of drug-likeness (QED) is 0.666. The summed E-state index contributed by atoms with van der Waals surface area (Å²) < 4.78 is 0.564. The third-order valence-electron chi connectivity index (χ3n) is 2.07. The molecule has 0 spiro atoms. The number of carbonyl (C=O) groups excluding carboxylic acids is 1. The second-order valence-electron chi connectivity index (χ2n) is 3.14. The van der Waals surface area contributed by atoms with Gasteiger partial charge in [0, 0.05) is 5.69 Å². The van der Waals surface area contributed by atoms with E-state index >= 15 is 0 Å². The minimum Gasteiger partial charge on any atom is -0.398 e. The predicted octanol–water partition coefficient (Wildman–Crippen LogP) is 3.87. The first-order chi connectivity index (χ1) is 7.59. The minimum absolute atomic E-state index is 0.194. The van der Waals surface area contributed by atoms with E-state index in [1.807, 2.05) is 0 Å². The van der Waals surface area contributed by atoms with E-state index in [0.29, 0.717) is 25.5 Å². The lowest BCUT2D eigenvalue weighted by molar-refractivity contribution is 0.104. The summed E-state index contributed by atoms with van der Waals surface area (Å²) in [6, 6.07) is 8.33. The largest absolute Gasteiger partial charge is 0.398 e. The number of nitrogens with two attached hydrogens (primary N) is 1. The SMILES string of the molecule is Nc1cccc(Cl)c1C(=O)c1ccc(Cl)s1. The van der Waals surface area contributed by atoms with Crippen molar-refractivity contribution in [2.75, 3.05) is 5.73 Å². The van der Waals surface area contributed by atoms with Gasteiger partial charge in [0.2, 0.25) is 5.78 Å². The summed E-state index contributed by atoms with van der Waals surface area (Å²) in [6.07, 6.45) is 0. The fraction of sp³-hybridized carbons (Fsp3) is 0. The zero-order valence-electron chi connectivity index (χ0n) is 8.04. The van der Waals surface area contributed by atoms with Gasteiger partial charge in [0.25, 0.3) is 0 Å². The predicted molar refractivity (Wildman–Crippen MR) is 68.6 cm³/mol. The Morgan fingerprint density at radius 2 is 1.94 bits per heavy atom. The molecule has 0 saturated heterocycles. The second kappa shape index (κ2) is 4.45. The lowest BCUT2D eigenvalue weighted by Crippen LogP contribution is -2.04. The molecule has 0 radical (unpaired) electrons. The van der Waals surface area contributed by atoms with Gasteiger partial charge in [-0.05, 0) is 24.3 Å². The Balaban J connectivity index is 2.49. The molecule has 82 valence electrons. The average molecular weight is 272 g/mol. The molecule has 0 fully saturated rings. The number of carbonyl (C=O) groups is 1. The highest BCUT2D eigenvalue weighted by Gasteiger charge is 2.17. The molecule has 0 aliphatic rings. The number of hydrogen-bond donors (Lipinski definition) is 1. The van der Waals surface area contributed by atoms with Gasteiger partial charge in [-0.3, -0.25) is 4.79 Å². The Bertz CT molecular complexity index is 530. The van der Waals surface area contributed by atoms with Crippen LogP contribution in [0.1, 0.15) is 15.2 Å². The third-order valence-corrected chi connectivity index (χ3v) is 3.61. The number of thiophene rings is 1. The summed E-state index contributed by atoms with van der Waals surface area (Å²) in [6.45, 7) is 0. The van der Waals surface area contributed by atoms with Crippen LogP contribution in [0.15, 0.2) is 30.3 Å². The molecule has 0 saturated carbocycles. The molecule has 0 bridgehead atoms. The molecule has 0 aliphatic carbocycles. The maximum atomic E-state index is 12.1. The van der Waals surface area contributed by atoms with E-state index in [2.05, 4.69) is 0 Å². The summed E-state index contributed by atoms with van der Waals surface area (Å²) >= 11 is 12.9. The molecular weight excluding hydrogens is 265 g/mol. The van der Waals surface area contributed by atoms with Crippen molar-refractivity contribution in [1.82, 2.24) is 0 Å². The van der Waals surface area contributed by atoms with Crippen LogP contribution in [-0.2, 0) is 0 Å². The normalized spacial score (nSPS) is 10.4. The number of rotatable bonds is 2. The van der Waals surface area contributed by atoms with Crippen LogP contribution in [0.2, 0.25) is 9.36 Å². The van der Waals surface area contributed by atoms with Crippen LogP contribution in [0.25, 0.3) is 0 Å². The van der Waals surface area contributed by atoms with Crippen molar-refractivity contribution < 1.29 is 4.79 Å². The molecule has 16 heavy (non-hydrogen) atoms. The van der Waals surface area contributed by atoms with E-state index in [0.717, 1.165) is 0 Å². The number of hydrogen-bond acceptors (Lipinski definition) is 3. The van der Waals surface area contributed by atoms with E-state index in [1.54, 1.807) is 30.3 Å². The zero-order chi connectivity index (χ0) is 11.7. The Hall–Kier alpha value is -1.03. The smallest absolute Gasteiger partial charge is 0.206 e. The molecule has 2 rings (SSSR count). The van der Waals surface area contributed by atoms with Crippen molar-refractivity contribution in [3.63, 3.8) is 0 Å². The zero-order valence-corrected chi connectivity index (χ0v) is 10.4. The highest BCUT2D eigenvalue weighted by atomic mass is 35.5. The Morgan fingerprint density at radius 3 is 2.50 bits per heavy atom. The summed E-state index contributed by atoms with van der Waals surface area (Å²) in [5.41, 5.74) is 6.45. The van der Waals surface area contributed by atoms with Crippen molar-refractivity contribution in [2.24, 2.45) is 0 Å². The van der Waals surface area contributed by atoms with Crippen molar-refractivity contribution in [2.45, 2.75) is 0 Å². The van der Waals surface area contributed by atoms with E-state index < -0.39 is 0 Å². The number of anilines is 1. The van der Waals surface area contributed by atoms with Gasteiger partial charge in [0.15, 0.2) is 0 Å². The molecule has 1 heterocycles. The maximum Gasteiger partial charge on any atom is 0.206 e. The average Bonchev–Trinajstić information content (AvgIpc) is 2.64. The van der Waals surface area contributed by atoms with E-state index in [4.69, 9.17) is 28.9 Å². The fourth-order valence-corrected chi connectivity index (χ4v) is 2.60. The standard InChI is InChI=1S/C11H7Cl2NOS/c12-6-2-1-3-7(14)10(6)11(15)8-4-5-9(13)16-8/h1-5H,14H2. The van der Waals surface area contributed by atoms with Gasteiger partial charge >= 0.3 is 0 Å². The highest BCUT2D eigenvalue weighted by molar-refractivity contribution is 7.18. The molecule has 2 nitrogen and oxygen atoms in total. The molecule has 0 aliphatic heterocycles. The summed E-state index contributed by atoms with van der Waals surface area (Å²) in [5, 5.41) is 0.356. The number of halogens is 2. The number of benzene rings is 1. The Kier molecular flexibility index (Phi) is 3.19. The van der Waals surface area contributed by atoms with Crippen LogP contribution in [0.5, 0.6) is 0 Å². The van der Waals surface area contributed by atoms with Gasteiger partial charge in [0.1, 0.15) is 0 Å². The van der Waals surface area contributed by atoms with Gasteiger partial charge < -0.3 is 5.73 Å². The topological polar surface area (TPSA) is 43.1 Å². The molecule has 2 N–H and O–H groups in total. The maximum absolute atomic E-state index is 12.1. The van der Waals surface area contributed by atoms with Gasteiger partial charge in [-0.1, -0.05) is 29.3 Å². The number of nitrogen functional groups attached to an aromatic ring is 1. The Morgan fingerprint density at radius 1 is 1.19 bits per heavy atom. The lowest BCUT2D eigenvalue weighted by Gasteiger charge is -2.04. The molecular formula is C11H7Cl2NOS. The van der Waals surface area contributed by atoms with Crippen LogP contribution in [-0.4, -0.2) is 5.78 Å².